The van der Waals surface area contributed by atoms with Crippen LogP contribution in [0.4, 0.5) is 10.5 Å². The van der Waals surface area contributed by atoms with Gasteiger partial charge in [-0.15, -0.1) is 0 Å². The average Bonchev–Trinajstić information content (AvgIpc) is 3.40. The molecule has 8 heteroatoms. The number of imidazole rings is 1. The van der Waals surface area contributed by atoms with Gasteiger partial charge in [0.15, 0.2) is 0 Å². The SMILES string of the molecule is COCCCn1c([C@@H]2CCCN(C(=O)C[C@H](C)Cc3ccc(-c4ccc(NC(=O)OC)cc4)cc3)C2)nc2ccccc21. The summed E-state index contributed by atoms with van der Waals surface area (Å²) in [6, 6.07) is 24.5. The molecule has 0 aliphatic carbocycles. The molecule has 43 heavy (non-hydrogen) atoms. The van der Waals surface area contributed by atoms with E-state index in [1.807, 2.05) is 30.3 Å². The maximum Gasteiger partial charge on any atom is 0.411 e. The van der Waals surface area contributed by atoms with Gasteiger partial charge in [-0.1, -0.05) is 55.5 Å². The van der Waals surface area contributed by atoms with Crippen molar-refractivity contribution in [2.75, 3.05) is 39.2 Å². The monoisotopic (exact) mass is 582 g/mol. The summed E-state index contributed by atoms with van der Waals surface area (Å²) in [5.74, 6) is 1.80. The molecular weight excluding hydrogens is 540 g/mol. The molecule has 226 valence electrons. The molecule has 1 saturated heterocycles. The molecule has 5 rings (SSSR count). The number of anilines is 1. The van der Waals surface area contributed by atoms with E-state index in [4.69, 9.17) is 9.72 Å². The summed E-state index contributed by atoms with van der Waals surface area (Å²) < 4.78 is 12.3. The molecule has 0 unspecified atom stereocenters. The van der Waals surface area contributed by atoms with Crippen molar-refractivity contribution in [1.29, 1.82) is 0 Å². The van der Waals surface area contributed by atoms with Gasteiger partial charge in [-0.25, -0.2) is 9.78 Å². The third-order valence-corrected chi connectivity index (χ3v) is 8.26. The fourth-order valence-corrected chi connectivity index (χ4v) is 6.07. The van der Waals surface area contributed by atoms with Gasteiger partial charge in [-0.2, -0.15) is 0 Å². The van der Waals surface area contributed by atoms with Gasteiger partial charge in [-0.05, 0) is 72.6 Å². The zero-order chi connectivity index (χ0) is 30.2. The van der Waals surface area contributed by atoms with Crippen LogP contribution in [0.3, 0.4) is 0 Å². The van der Waals surface area contributed by atoms with Crippen LogP contribution in [0.25, 0.3) is 22.2 Å². The Morgan fingerprint density at radius 3 is 2.44 bits per heavy atom. The average molecular weight is 583 g/mol. The highest BCUT2D eigenvalue weighted by Gasteiger charge is 2.29. The fraction of sp³-hybridized carbons (Fsp3) is 0.400. The maximum absolute atomic E-state index is 13.4. The van der Waals surface area contributed by atoms with Crippen LogP contribution in [0, 0.1) is 5.92 Å². The summed E-state index contributed by atoms with van der Waals surface area (Å²) in [6.45, 7) is 5.28. The van der Waals surface area contributed by atoms with Gasteiger partial charge in [0.1, 0.15) is 5.82 Å². The minimum Gasteiger partial charge on any atom is -0.453 e. The number of carbonyl (C=O) groups is 2. The second kappa shape index (κ2) is 14.3. The number of hydrogen-bond donors (Lipinski definition) is 1. The zero-order valence-corrected chi connectivity index (χ0v) is 25.4. The van der Waals surface area contributed by atoms with Crippen molar-refractivity contribution in [1.82, 2.24) is 14.5 Å². The number of nitrogens with zero attached hydrogens (tertiary/aromatic N) is 3. The first-order valence-corrected chi connectivity index (χ1v) is 15.2. The van der Waals surface area contributed by atoms with E-state index in [1.54, 1.807) is 7.11 Å². The molecule has 8 nitrogen and oxygen atoms in total. The van der Waals surface area contributed by atoms with Crippen LogP contribution in [0.15, 0.2) is 72.8 Å². The summed E-state index contributed by atoms with van der Waals surface area (Å²) in [7, 11) is 3.08. The molecule has 1 aliphatic heterocycles. The number of carbonyl (C=O) groups excluding carboxylic acids is 2. The number of benzene rings is 3. The van der Waals surface area contributed by atoms with Crippen molar-refractivity contribution in [3.05, 3.63) is 84.2 Å². The van der Waals surface area contributed by atoms with Gasteiger partial charge < -0.3 is 18.9 Å². The first-order chi connectivity index (χ1) is 20.9. The van der Waals surface area contributed by atoms with Crippen molar-refractivity contribution >= 4 is 28.7 Å². The van der Waals surface area contributed by atoms with Crippen molar-refractivity contribution in [3.63, 3.8) is 0 Å². The maximum atomic E-state index is 13.4. The van der Waals surface area contributed by atoms with Crippen LogP contribution in [0.1, 0.15) is 49.9 Å². The van der Waals surface area contributed by atoms with E-state index < -0.39 is 6.09 Å². The predicted octanol–water partition coefficient (Wildman–Crippen LogP) is 6.89. The first kappa shape index (κ1) is 30.3. The summed E-state index contributed by atoms with van der Waals surface area (Å²) in [5, 5.41) is 2.67. The molecule has 1 N–H and O–H groups in total. The Labute approximate surface area is 254 Å². The first-order valence-electron chi connectivity index (χ1n) is 15.2. The lowest BCUT2D eigenvalue weighted by molar-refractivity contribution is -0.133. The number of fused-ring (bicyclic) bond motifs is 1. The number of amides is 2. The number of aromatic nitrogens is 2. The number of likely N-dealkylation sites (tertiary alicyclic amines) is 1. The molecule has 2 amide bonds. The van der Waals surface area contributed by atoms with E-state index >= 15 is 0 Å². The van der Waals surface area contributed by atoms with Crippen LogP contribution < -0.4 is 5.32 Å². The molecule has 4 aromatic rings. The Bertz CT molecular complexity index is 1510. The molecule has 0 spiro atoms. The Morgan fingerprint density at radius 2 is 1.72 bits per heavy atom. The van der Waals surface area contributed by atoms with Crippen molar-refractivity contribution in [2.24, 2.45) is 5.92 Å². The van der Waals surface area contributed by atoms with Crippen LogP contribution in [0.2, 0.25) is 0 Å². The van der Waals surface area contributed by atoms with Crippen LogP contribution in [-0.2, 0) is 27.2 Å². The lowest BCUT2D eigenvalue weighted by Crippen LogP contribution is -2.40. The molecule has 1 aromatic heterocycles. The third kappa shape index (κ3) is 7.62. The molecule has 0 radical (unpaired) electrons. The van der Waals surface area contributed by atoms with Crippen molar-refractivity contribution < 1.29 is 19.1 Å². The lowest BCUT2D eigenvalue weighted by atomic mass is 9.93. The Kier molecular flexibility index (Phi) is 10.1. The second-order valence-corrected chi connectivity index (χ2v) is 11.5. The summed E-state index contributed by atoms with van der Waals surface area (Å²) in [5.41, 5.74) is 6.25. The third-order valence-electron chi connectivity index (χ3n) is 8.26. The van der Waals surface area contributed by atoms with Gasteiger partial charge >= 0.3 is 6.09 Å². The highest BCUT2D eigenvalue weighted by molar-refractivity contribution is 5.85. The molecule has 1 fully saturated rings. The van der Waals surface area contributed by atoms with E-state index in [9.17, 15) is 9.59 Å². The lowest BCUT2D eigenvalue weighted by Gasteiger charge is -2.33. The minimum atomic E-state index is -0.487. The standard InChI is InChI=1S/C35H42N4O4/c1-25(22-26-11-13-27(14-12-26)28-15-17-30(18-16-28)36-35(41)43-3)23-33(40)38-19-6-8-29(24-38)34-37-31-9-4-5-10-32(31)39(34)20-7-21-42-2/h4-5,9-18,25,29H,6-8,19-24H2,1-3H3,(H,36,41)/t25-,29-/m1/s1. The van der Waals surface area contributed by atoms with E-state index in [-0.39, 0.29) is 17.7 Å². The minimum absolute atomic E-state index is 0.233. The van der Waals surface area contributed by atoms with Crippen molar-refractivity contribution in [2.45, 2.75) is 51.5 Å². The number of hydrogen-bond acceptors (Lipinski definition) is 5. The van der Waals surface area contributed by atoms with E-state index in [0.717, 1.165) is 73.3 Å². The van der Waals surface area contributed by atoms with E-state index in [2.05, 4.69) is 68.9 Å². The molecular formula is C35H42N4O4. The molecule has 1 aliphatic rings. The number of rotatable bonds is 11. The molecule has 0 bridgehead atoms. The van der Waals surface area contributed by atoms with E-state index in [0.29, 0.717) is 18.7 Å². The second-order valence-electron chi connectivity index (χ2n) is 11.5. The molecule has 2 heterocycles. The number of para-hydroxylation sites is 2. The van der Waals surface area contributed by atoms with Crippen LogP contribution in [0.5, 0.6) is 0 Å². The number of piperidine rings is 1. The fourth-order valence-electron chi connectivity index (χ4n) is 6.07. The molecule has 0 saturated carbocycles. The highest BCUT2D eigenvalue weighted by Crippen LogP contribution is 2.31. The number of aryl methyl sites for hydroxylation is 1. The van der Waals surface area contributed by atoms with Gasteiger partial charge in [0, 0.05) is 51.4 Å². The topological polar surface area (TPSA) is 85.7 Å². The van der Waals surface area contributed by atoms with Gasteiger partial charge in [-0.3, -0.25) is 10.1 Å². The predicted molar refractivity (Wildman–Crippen MR) is 170 cm³/mol. The Morgan fingerprint density at radius 1 is 1.00 bits per heavy atom. The van der Waals surface area contributed by atoms with Crippen LogP contribution in [-0.4, -0.2) is 60.4 Å². The zero-order valence-electron chi connectivity index (χ0n) is 25.4. The summed E-state index contributed by atoms with van der Waals surface area (Å²) >= 11 is 0. The Hall–Kier alpha value is -4.17. The smallest absolute Gasteiger partial charge is 0.411 e. The molecule has 2 atom stereocenters. The van der Waals surface area contributed by atoms with Crippen molar-refractivity contribution in [3.8, 4) is 11.1 Å². The van der Waals surface area contributed by atoms with E-state index in [1.165, 1.54) is 12.7 Å². The van der Waals surface area contributed by atoms with Crippen LogP contribution >= 0.6 is 0 Å². The number of methoxy groups -OCH3 is 2. The molecule has 3 aromatic carbocycles. The summed E-state index contributed by atoms with van der Waals surface area (Å²) in [6.07, 6.45) is 3.86. The van der Waals surface area contributed by atoms with Gasteiger partial charge in [0.05, 0.1) is 18.1 Å². The summed E-state index contributed by atoms with van der Waals surface area (Å²) in [4.78, 5) is 32.0. The highest BCUT2D eigenvalue weighted by atomic mass is 16.5. The van der Waals surface area contributed by atoms with Gasteiger partial charge in [0.25, 0.3) is 0 Å². The Balaban J connectivity index is 1.17. The quantitative estimate of drug-likeness (QED) is 0.195. The number of ether oxygens (including phenoxy) is 2. The normalized spacial score (nSPS) is 15.8. The van der Waals surface area contributed by atoms with Gasteiger partial charge in [0.2, 0.25) is 5.91 Å². The number of nitrogens with one attached hydrogen (secondary N) is 1. The largest absolute Gasteiger partial charge is 0.453 e.